The number of hydrogen-bond acceptors (Lipinski definition) is 5. The number of carbonyl (C=O) groups excluding carboxylic acids is 2. The van der Waals surface area contributed by atoms with Crippen LogP contribution in [0.2, 0.25) is 0 Å². The number of nitrogens with zero attached hydrogens (tertiary/aromatic N) is 1. The molecule has 1 atom stereocenters. The average Bonchev–Trinajstić information content (AvgIpc) is 2.91. The maximum atomic E-state index is 12.3. The molecule has 0 fully saturated rings. The van der Waals surface area contributed by atoms with Gasteiger partial charge in [-0.15, -0.1) is 0 Å². The summed E-state index contributed by atoms with van der Waals surface area (Å²) < 4.78 is 4.92. The zero-order chi connectivity index (χ0) is 16.8. The van der Waals surface area contributed by atoms with E-state index < -0.39 is 6.04 Å². The molecular formula is C16H20N4O3. The number of benzene rings is 1. The van der Waals surface area contributed by atoms with Gasteiger partial charge in [-0.05, 0) is 37.6 Å². The van der Waals surface area contributed by atoms with Gasteiger partial charge in [-0.2, -0.15) is 0 Å². The highest BCUT2D eigenvalue weighted by Gasteiger charge is 2.17. The van der Waals surface area contributed by atoms with Crippen molar-refractivity contribution in [2.75, 3.05) is 16.0 Å². The number of amides is 2. The molecule has 0 saturated carbocycles. The van der Waals surface area contributed by atoms with Gasteiger partial charge in [-0.1, -0.05) is 12.1 Å². The van der Waals surface area contributed by atoms with Gasteiger partial charge in [-0.25, -0.2) is 0 Å². The van der Waals surface area contributed by atoms with Gasteiger partial charge in [0.15, 0.2) is 5.82 Å². The first-order chi connectivity index (χ1) is 11.0. The summed E-state index contributed by atoms with van der Waals surface area (Å²) in [6, 6.07) is 8.42. The Kier molecular flexibility index (Phi) is 5.35. The second-order valence-electron chi connectivity index (χ2n) is 5.18. The van der Waals surface area contributed by atoms with Crippen molar-refractivity contribution in [1.29, 1.82) is 0 Å². The summed E-state index contributed by atoms with van der Waals surface area (Å²) in [6.07, 6.45) is 0.607. The first-order valence-electron chi connectivity index (χ1n) is 7.36. The second-order valence-corrected chi connectivity index (χ2v) is 5.18. The molecule has 1 heterocycles. The van der Waals surface area contributed by atoms with Crippen LogP contribution in [0.4, 0.5) is 17.2 Å². The Labute approximate surface area is 134 Å². The SMILES string of the molecule is CC[C@H](Nc1ccc(NC(C)=O)cc1)C(=O)Nc1cc(C)on1. The van der Waals surface area contributed by atoms with E-state index in [0.29, 0.717) is 23.7 Å². The summed E-state index contributed by atoms with van der Waals surface area (Å²) >= 11 is 0. The van der Waals surface area contributed by atoms with Crippen LogP contribution in [0.3, 0.4) is 0 Å². The first-order valence-corrected chi connectivity index (χ1v) is 7.36. The zero-order valence-corrected chi connectivity index (χ0v) is 13.3. The molecule has 0 bridgehead atoms. The Bertz CT molecular complexity index is 679. The van der Waals surface area contributed by atoms with Crippen molar-refractivity contribution in [3.8, 4) is 0 Å². The van der Waals surface area contributed by atoms with Crippen LogP contribution in [0.1, 0.15) is 26.0 Å². The van der Waals surface area contributed by atoms with Gasteiger partial charge in [0.25, 0.3) is 0 Å². The highest BCUT2D eigenvalue weighted by molar-refractivity contribution is 5.95. The molecule has 23 heavy (non-hydrogen) atoms. The quantitative estimate of drug-likeness (QED) is 0.761. The minimum absolute atomic E-state index is 0.126. The van der Waals surface area contributed by atoms with Gasteiger partial charge >= 0.3 is 0 Å². The minimum atomic E-state index is -0.404. The number of nitrogens with one attached hydrogen (secondary N) is 3. The zero-order valence-electron chi connectivity index (χ0n) is 13.3. The van der Waals surface area contributed by atoms with Crippen LogP contribution < -0.4 is 16.0 Å². The monoisotopic (exact) mass is 316 g/mol. The molecule has 7 nitrogen and oxygen atoms in total. The van der Waals surface area contributed by atoms with Crippen LogP contribution in [-0.2, 0) is 9.59 Å². The molecule has 1 aromatic heterocycles. The average molecular weight is 316 g/mol. The van der Waals surface area contributed by atoms with Crippen LogP contribution in [-0.4, -0.2) is 23.0 Å². The van der Waals surface area contributed by atoms with E-state index in [9.17, 15) is 9.59 Å². The lowest BCUT2D eigenvalue weighted by Crippen LogP contribution is -2.34. The fraction of sp³-hybridized carbons (Fsp3) is 0.312. The third-order valence-corrected chi connectivity index (χ3v) is 3.15. The second kappa shape index (κ2) is 7.44. The summed E-state index contributed by atoms with van der Waals surface area (Å²) in [5.74, 6) is 0.717. The van der Waals surface area contributed by atoms with Crippen molar-refractivity contribution < 1.29 is 14.1 Å². The standard InChI is InChI=1S/C16H20N4O3/c1-4-14(16(22)19-15-9-10(2)23-20-15)18-13-7-5-12(6-8-13)17-11(3)21/h5-9,14,18H,4H2,1-3H3,(H,17,21)(H,19,20,22)/t14-/m0/s1. The predicted octanol–water partition coefficient (Wildman–Crippen LogP) is 2.77. The topological polar surface area (TPSA) is 96.3 Å². The third kappa shape index (κ3) is 4.84. The Hall–Kier alpha value is -2.83. The molecule has 0 unspecified atom stereocenters. The summed E-state index contributed by atoms with van der Waals surface area (Å²) in [6.45, 7) is 5.13. The van der Waals surface area contributed by atoms with Gasteiger partial charge in [-0.3, -0.25) is 9.59 Å². The van der Waals surface area contributed by atoms with Crippen LogP contribution in [0.15, 0.2) is 34.9 Å². The molecule has 2 rings (SSSR count). The van der Waals surface area contributed by atoms with Gasteiger partial charge in [0.1, 0.15) is 11.8 Å². The number of anilines is 3. The maximum absolute atomic E-state index is 12.3. The van der Waals surface area contributed by atoms with E-state index in [1.807, 2.05) is 19.1 Å². The van der Waals surface area contributed by atoms with Gasteiger partial charge < -0.3 is 20.5 Å². The van der Waals surface area contributed by atoms with Crippen molar-refractivity contribution in [2.24, 2.45) is 0 Å². The highest BCUT2D eigenvalue weighted by atomic mass is 16.5. The highest BCUT2D eigenvalue weighted by Crippen LogP contribution is 2.16. The molecule has 0 aliphatic rings. The van der Waals surface area contributed by atoms with Gasteiger partial charge in [0, 0.05) is 24.4 Å². The van der Waals surface area contributed by atoms with Crippen LogP contribution in [0.25, 0.3) is 0 Å². The lowest BCUT2D eigenvalue weighted by molar-refractivity contribution is -0.117. The summed E-state index contributed by atoms with van der Waals surface area (Å²) in [5, 5.41) is 12.3. The molecule has 2 amide bonds. The van der Waals surface area contributed by atoms with Crippen molar-refractivity contribution >= 4 is 29.0 Å². The Balaban J connectivity index is 1.98. The first kappa shape index (κ1) is 16.5. The number of rotatable bonds is 6. The number of carbonyl (C=O) groups is 2. The van der Waals surface area contributed by atoms with Gasteiger partial charge in [0.05, 0.1) is 0 Å². The van der Waals surface area contributed by atoms with Crippen molar-refractivity contribution in [3.05, 3.63) is 36.1 Å². The Morgan fingerprint density at radius 2 is 1.83 bits per heavy atom. The molecule has 0 saturated heterocycles. The summed E-state index contributed by atoms with van der Waals surface area (Å²) in [4.78, 5) is 23.3. The van der Waals surface area contributed by atoms with E-state index >= 15 is 0 Å². The minimum Gasteiger partial charge on any atom is -0.374 e. The molecule has 1 aromatic carbocycles. The molecule has 7 heteroatoms. The molecule has 3 N–H and O–H groups in total. The van der Waals surface area contributed by atoms with Crippen molar-refractivity contribution in [2.45, 2.75) is 33.2 Å². The predicted molar refractivity (Wildman–Crippen MR) is 88.3 cm³/mol. The smallest absolute Gasteiger partial charge is 0.248 e. The van der Waals surface area contributed by atoms with Crippen LogP contribution in [0, 0.1) is 6.92 Å². The molecule has 0 spiro atoms. The van der Waals surface area contributed by atoms with E-state index in [-0.39, 0.29) is 11.8 Å². The van der Waals surface area contributed by atoms with E-state index in [1.165, 1.54) is 6.92 Å². The normalized spacial score (nSPS) is 11.6. The number of aromatic nitrogens is 1. The van der Waals surface area contributed by atoms with E-state index in [0.717, 1.165) is 5.69 Å². The molecule has 0 aliphatic carbocycles. The lowest BCUT2D eigenvalue weighted by atomic mass is 10.2. The lowest BCUT2D eigenvalue weighted by Gasteiger charge is -2.17. The largest absolute Gasteiger partial charge is 0.374 e. The Morgan fingerprint density at radius 3 is 2.35 bits per heavy atom. The fourth-order valence-corrected chi connectivity index (χ4v) is 2.05. The third-order valence-electron chi connectivity index (χ3n) is 3.15. The maximum Gasteiger partial charge on any atom is 0.248 e. The number of aryl methyl sites for hydroxylation is 1. The van der Waals surface area contributed by atoms with Crippen LogP contribution in [0.5, 0.6) is 0 Å². The molecule has 0 aliphatic heterocycles. The van der Waals surface area contributed by atoms with Crippen molar-refractivity contribution in [3.63, 3.8) is 0 Å². The van der Waals surface area contributed by atoms with Crippen molar-refractivity contribution in [1.82, 2.24) is 5.16 Å². The Morgan fingerprint density at radius 1 is 1.17 bits per heavy atom. The molecular weight excluding hydrogens is 296 g/mol. The van der Waals surface area contributed by atoms with Crippen LogP contribution >= 0.6 is 0 Å². The summed E-state index contributed by atoms with van der Waals surface area (Å²) in [5.41, 5.74) is 1.50. The fourth-order valence-electron chi connectivity index (χ4n) is 2.05. The number of hydrogen-bond donors (Lipinski definition) is 3. The molecule has 122 valence electrons. The molecule has 0 radical (unpaired) electrons. The van der Waals surface area contributed by atoms with E-state index in [1.54, 1.807) is 25.1 Å². The molecule has 2 aromatic rings. The van der Waals surface area contributed by atoms with E-state index in [2.05, 4.69) is 21.1 Å². The van der Waals surface area contributed by atoms with E-state index in [4.69, 9.17) is 4.52 Å². The van der Waals surface area contributed by atoms with Gasteiger partial charge in [0.2, 0.25) is 11.8 Å². The summed E-state index contributed by atoms with van der Waals surface area (Å²) in [7, 11) is 0.